The third-order valence-electron chi connectivity index (χ3n) is 4.95. The molecule has 1 aromatic carbocycles. The van der Waals surface area contributed by atoms with E-state index in [4.69, 9.17) is 9.84 Å². The summed E-state index contributed by atoms with van der Waals surface area (Å²) in [4.78, 5) is 23.0. The van der Waals surface area contributed by atoms with Gasteiger partial charge in [0.1, 0.15) is 5.82 Å². The number of benzene rings is 1. The SMILES string of the molecule is O=C(O)[C@H]1C[C@@H]1C(=O)NCC1(c2ccc(F)cc2)CCOCC1. The Hall–Kier alpha value is -1.95. The maximum atomic E-state index is 13.2. The van der Waals surface area contributed by atoms with Crippen molar-refractivity contribution in [2.24, 2.45) is 11.8 Å². The lowest BCUT2D eigenvalue weighted by Crippen LogP contribution is -2.45. The number of carbonyl (C=O) groups is 2. The number of hydrogen-bond acceptors (Lipinski definition) is 3. The van der Waals surface area contributed by atoms with Crippen molar-refractivity contribution in [3.63, 3.8) is 0 Å². The number of aliphatic carboxylic acids is 1. The molecule has 0 spiro atoms. The summed E-state index contributed by atoms with van der Waals surface area (Å²) >= 11 is 0. The van der Waals surface area contributed by atoms with Gasteiger partial charge in [-0.15, -0.1) is 0 Å². The second kappa shape index (κ2) is 6.28. The van der Waals surface area contributed by atoms with E-state index in [9.17, 15) is 14.0 Å². The second-order valence-electron chi connectivity index (χ2n) is 6.40. The number of carboxylic acid groups (broad SMARTS) is 1. The number of ether oxygens (including phenoxy) is 1. The van der Waals surface area contributed by atoms with Gasteiger partial charge in [-0.25, -0.2) is 4.39 Å². The van der Waals surface area contributed by atoms with Crippen LogP contribution in [0.15, 0.2) is 24.3 Å². The highest BCUT2D eigenvalue weighted by atomic mass is 19.1. The smallest absolute Gasteiger partial charge is 0.307 e. The third kappa shape index (κ3) is 3.37. The Balaban J connectivity index is 1.69. The van der Waals surface area contributed by atoms with Gasteiger partial charge in [0.05, 0.1) is 11.8 Å². The van der Waals surface area contributed by atoms with Crippen LogP contribution in [0.4, 0.5) is 4.39 Å². The quantitative estimate of drug-likeness (QED) is 0.866. The number of rotatable bonds is 5. The summed E-state index contributed by atoms with van der Waals surface area (Å²) in [7, 11) is 0. The molecule has 6 heteroatoms. The average molecular weight is 321 g/mol. The Kier molecular flexibility index (Phi) is 4.35. The fraction of sp³-hybridized carbons (Fsp3) is 0.529. The lowest BCUT2D eigenvalue weighted by Gasteiger charge is -2.38. The number of hydrogen-bond donors (Lipinski definition) is 2. The van der Waals surface area contributed by atoms with Crippen LogP contribution in [0.3, 0.4) is 0 Å². The maximum absolute atomic E-state index is 13.2. The molecule has 0 unspecified atom stereocenters. The van der Waals surface area contributed by atoms with Crippen LogP contribution in [0, 0.1) is 17.7 Å². The average Bonchev–Trinajstić information content (AvgIpc) is 3.35. The number of carbonyl (C=O) groups excluding carboxylic acids is 1. The molecule has 1 aromatic rings. The molecule has 1 heterocycles. The molecule has 2 aliphatic rings. The minimum atomic E-state index is -0.913. The first-order valence-corrected chi connectivity index (χ1v) is 7.86. The van der Waals surface area contributed by atoms with Crippen molar-refractivity contribution < 1.29 is 23.8 Å². The molecule has 1 amide bonds. The lowest BCUT2D eigenvalue weighted by atomic mass is 9.74. The van der Waals surface area contributed by atoms with E-state index in [2.05, 4.69) is 5.32 Å². The van der Waals surface area contributed by atoms with Crippen LogP contribution in [0.1, 0.15) is 24.8 Å². The molecule has 23 heavy (non-hydrogen) atoms. The standard InChI is InChI=1S/C17H20FNO4/c18-12-3-1-11(2-4-12)17(5-7-23-8-6-17)10-19-15(20)13-9-14(13)16(21)22/h1-4,13-14H,5-10H2,(H,19,20)(H,21,22)/t13-,14-/m0/s1. The van der Waals surface area contributed by atoms with Gasteiger partial charge >= 0.3 is 5.97 Å². The minimum Gasteiger partial charge on any atom is -0.481 e. The first-order chi connectivity index (χ1) is 11.0. The van der Waals surface area contributed by atoms with Crippen molar-refractivity contribution in [2.45, 2.75) is 24.7 Å². The highest BCUT2D eigenvalue weighted by Crippen LogP contribution is 2.39. The summed E-state index contributed by atoms with van der Waals surface area (Å²) in [6.45, 7) is 1.60. The van der Waals surface area contributed by atoms with Crippen LogP contribution < -0.4 is 5.32 Å². The Labute approximate surface area is 133 Å². The van der Waals surface area contributed by atoms with E-state index in [0.29, 0.717) is 26.2 Å². The second-order valence-corrected chi connectivity index (χ2v) is 6.40. The largest absolute Gasteiger partial charge is 0.481 e. The molecule has 1 aliphatic heterocycles. The molecule has 1 aliphatic carbocycles. The molecule has 2 N–H and O–H groups in total. The fourth-order valence-electron chi connectivity index (χ4n) is 3.28. The normalized spacial score (nSPS) is 25.6. The topological polar surface area (TPSA) is 75.6 Å². The minimum absolute atomic E-state index is 0.203. The van der Waals surface area contributed by atoms with Gasteiger partial charge in [0.25, 0.3) is 0 Å². The van der Waals surface area contributed by atoms with E-state index in [1.165, 1.54) is 12.1 Å². The van der Waals surface area contributed by atoms with Crippen molar-refractivity contribution in [1.29, 1.82) is 0 Å². The van der Waals surface area contributed by atoms with Crippen LogP contribution >= 0.6 is 0 Å². The first-order valence-electron chi connectivity index (χ1n) is 7.86. The molecular formula is C17H20FNO4. The fourth-order valence-corrected chi connectivity index (χ4v) is 3.28. The van der Waals surface area contributed by atoms with E-state index in [0.717, 1.165) is 18.4 Å². The highest BCUT2D eigenvalue weighted by molar-refractivity contribution is 5.89. The van der Waals surface area contributed by atoms with E-state index < -0.39 is 17.8 Å². The van der Waals surface area contributed by atoms with Crippen LogP contribution in [0.25, 0.3) is 0 Å². The molecule has 1 saturated carbocycles. The Morgan fingerprint density at radius 2 is 1.87 bits per heavy atom. The van der Waals surface area contributed by atoms with Gasteiger partial charge in [0.2, 0.25) is 5.91 Å². The van der Waals surface area contributed by atoms with E-state index in [1.54, 1.807) is 12.1 Å². The Morgan fingerprint density at radius 1 is 1.22 bits per heavy atom. The van der Waals surface area contributed by atoms with Crippen LogP contribution in [0.5, 0.6) is 0 Å². The molecule has 0 radical (unpaired) electrons. The van der Waals surface area contributed by atoms with Crippen molar-refractivity contribution in [1.82, 2.24) is 5.32 Å². The zero-order valence-electron chi connectivity index (χ0n) is 12.8. The van der Waals surface area contributed by atoms with Gasteiger partial charge < -0.3 is 15.2 Å². The van der Waals surface area contributed by atoms with Crippen molar-refractivity contribution >= 4 is 11.9 Å². The predicted molar refractivity (Wildman–Crippen MR) is 80.4 cm³/mol. The number of halogens is 1. The third-order valence-corrected chi connectivity index (χ3v) is 4.95. The molecule has 124 valence electrons. The molecule has 0 bridgehead atoms. The highest BCUT2D eigenvalue weighted by Gasteiger charge is 2.48. The monoisotopic (exact) mass is 321 g/mol. The molecule has 2 fully saturated rings. The molecule has 0 aromatic heterocycles. The van der Waals surface area contributed by atoms with Crippen LogP contribution in [0.2, 0.25) is 0 Å². The van der Waals surface area contributed by atoms with Crippen molar-refractivity contribution in [3.05, 3.63) is 35.6 Å². The van der Waals surface area contributed by atoms with Gasteiger partial charge in [-0.05, 0) is 37.0 Å². The zero-order chi connectivity index (χ0) is 16.4. The summed E-state index contributed by atoms with van der Waals surface area (Å²) in [5, 5.41) is 11.8. The van der Waals surface area contributed by atoms with Gasteiger partial charge in [-0.2, -0.15) is 0 Å². The summed E-state index contributed by atoms with van der Waals surface area (Å²) < 4.78 is 18.6. The Morgan fingerprint density at radius 3 is 2.43 bits per heavy atom. The molecule has 2 atom stereocenters. The van der Waals surface area contributed by atoms with Gasteiger partial charge in [0.15, 0.2) is 0 Å². The first kappa shape index (κ1) is 15.9. The van der Waals surface area contributed by atoms with Crippen LogP contribution in [-0.4, -0.2) is 36.7 Å². The molecule has 3 rings (SSSR count). The molecular weight excluding hydrogens is 301 g/mol. The van der Waals surface area contributed by atoms with E-state index in [1.807, 2.05) is 0 Å². The van der Waals surface area contributed by atoms with Crippen molar-refractivity contribution in [2.75, 3.05) is 19.8 Å². The lowest BCUT2D eigenvalue weighted by molar-refractivity contribution is -0.140. The summed E-state index contributed by atoms with van der Waals surface area (Å²) in [5.74, 6) is -2.37. The zero-order valence-corrected chi connectivity index (χ0v) is 12.8. The van der Waals surface area contributed by atoms with E-state index >= 15 is 0 Å². The maximum Gasteiger partial charge on any atom is 0.307 e. The summed E-state index contributed by atoms with van der Waals surface area (Å²) in [6.07, 6.45) is 1.89. The molecule has 1 saturated heterocycles. The van der Waals surface area contributed by atoms with E-state index in [-0.39, 0.29) is 17.1 Å². The van der Waals surface area contributed by atoms with Crippen LogP contribution in [-0.2, 0) is 19.7 Å². The summed E-state index contributed by atoms with van der Waals surface area (Å²) in [5.41, 5.74) is 0.697. The number of carboxylic acids is 1. The van der Waals surface area contributed by atoms with Crippen molar-refractivity contribution in [3.8, 4) is 0 Å². The number of amides is 1. The Bertz CT molecular complexity index is 595. The van der Waals surface area contributed by atoms with Gasteiger partial charge in [-0.3, -0.25) is 9.59 Å². The molecule has 5 nitrogen and oxygen atoms in total. The summed E-state index contributed by atoms with van der Waals surface area (Å²) in [6, 6.07) is 6.36. The van der Waals surface area contributed by atoms with Gasteiger partial charge in [-0.1, -0.05) is 12.1 Å². The predicted octanol–water partition coefficient (Wildman–Crippen LogP) is 1.71. The number of nitrogens with one attached hydrogen (secondary N) is 1. The van der Waals surface area contributed by atoms with Gasteiger partial charge in [0, 0.05) is 25.2 Å².